The predicted molar refractivity (Wildman–Crippen MR) is 85.6 cm³/mol. The first kappa shape index (κ1) is 15.8. The fraction of sp³-hybridized carbons (Fsp3) is 0.294. The van der Waals surface area contributed by atoms with E-state index in [1.807, 2.05) is 48.5 Å². The van der Waals surface area contributed by atoms with Crippen molar-refractivity contribution in [3.05, 3.63) is 64.7 Å². The molecule has 0 heterocycles. The molecule has 0 aliphatic heterocycles. The van der Waals surface area contributed by atoms with Crippen molar-refractivity contribution in [1.82, 2.24) is 0 Å². The van der Waals surface area contributed by atoms with E-state index >= 15 is 0 Å². The zero-order valence-corrected chi connectivity index (χ0v) is 12.7. The third-order valence-corrected chi connectivity index (χ3v) is 3.28. The molecule has 2 rings (SSSR count). The average molecular weight is 306 g/mol. The molecule has 0 amide bonds. The predicted octanol–water partition coefficient (Wildman–Crippen LogP) is 3.78. The molecule has 0 aliphatic rings. The van der Waals surface area contributed by atoms with Crippen molar-refractivity contribution in [2.75, 3.05) is 13.2 Å². The van der Waals surface area contributed by atoms with Crippen LogP contribution in [0, 0.1) is 0 Å². The molecular weight excluding hydrogens is 286 g/mol. The first-order valence-corrected chi connectivity index (χ1v) is 7.40. The van der Waals surface area contributed by atoms with Crippen molar-refractivity contribution in [2.45, 2.75) is 19.6 Å². The van der Waals surface area contributed by atoms with Gasteiger partial charge in [0.15, 0.2) is 0 Å². The van der Waals surface area contributed by atoms with Crippen LogP contribution in [0.3, 0.4) is 0 Å². The maximum Gasteiger partial charge on any atom is 0.123 e. The van der Waals surface area contributed by atoms with Crippen LogP contribution >= 0.6 is 11.6 Å². The first-order valence-electron chi connectivity index (χ1n) is 7.02. The van der Waals surface area contributed by atoms with Gasteiger partial charge in [-0.3, -0.25) is 0 Å². The van der Waals surface area contributed by atoms with Crippen molar-refractivity contribution < 1.29 is 9.47 Å². The molecule has 0 bridgehead atoms. The van der Waals surface area contributed by atoms with Gasteiger partial charge in [0.25, 0.3) is 0 Å². The summed E-state index contributed by atoms with van der Waals surface area (Å²) in [4.78, 5) is 0. The van der Waals surface area contributed by atoms with Gasteiger partial charge in [-0.15, -0.1) is 0 Å². The summed E-state index contributed by atoms with van der Waals surface area (Å²) in [6, 6.07) is 15.5. The molecule has 2 N–H and O–H groups in total. The zero-order valence-electron chi connectivity index (χ0n) is 11.9. The molecule has 0 aliphatic carbocycles. The number of ether oxygens (including phenoxy) is 2. The van der Waals surface area contributed by atoms with Gasteiger partial charge in [-0.25, -0.2) is 0 Å². The minimum Gasteiger partial charge on any atom is -0.493 e. The van der Waals surface area contributed by atoms with Crippen LogP contribution in [0.5, 0.6) is 5.75 Å². The molecule has 112 valence electrons. The number of nitrogens with two attached hydrogens (primary N) is 1. The summed E-state index contributed by atoms with van der Waals surface area (Å²) < 4.78 is 11.3. The van der Waals surface area contributed by atoms with Crippen LogP contribution in [0.4, 0.5) is 0 Å². The van der Waals surface area contributed by atoms with Gasteiger partial charge in [0.2, 0.25) is 0 Å². The summed E-state index contributed by atoms with van der Waals surface area (Å²) >= 11 is 5.92. The zero-order chi connectivity index (χ0) is 14.9. The Kier molecular flexibility index (Phi) is 6.54. The first-order chi connectivity index (χ1) is 10.3. The van der Waals surface area contributed by atoms with Crippen molar-refractivity contribution in [2.24, 2.45) is 5.73 Å². The highest BCUT2D eigenvalue weighted by Gasteiger charge is 2.00. The van der Waals surface area contributed by atoms with E-state index in [1.165, 1.54) is 0 Å². The smallest absolute Gasteiger partial charge is 0.123 e. The largest absolute Gasteiger partial charge is 0.493 e. The minimum absolute atomic E-state index is 0.488. The highest BCUT2D eigenvalue weighted by Crippen LogP contribution is 2.17. The molecule has 0 saturated carbocycles. The number of hydrogen-bond donors (Lipinski definition) is 1. The summed E-state index contributed by atoms with van der Waals surface area (Å²) in [6.45, 7) is 2.32. The second-order valence-corrected chi connectivity index (χ2v) is 5.13. The van der Waals surface area contributed by atoms with Gasteiger partial charge in [0.1, 0.15) is 5.75 Å². The van der Waals surface area contributed by atoms with Crippen LogP contribution in [-0.4, -0.2) is 13.2 Å². The molecule has 0 aromatic heterocycles. The van der Waals surface area contributed by atoms with Gasteiger partial charge in [-0.1, -0.05) is 41.9 Å². The summed E-state index contributed by atoms with van der Waals surface area (Å²) in [5.41, 5.74) is 7.77. The van der Waals surface area contributed by atoms with Gasteiger partial charge in [-0.05, 0) is 23.8 Å². The minimum atomic E-state index is 0.488. The lowest BCUT2D eigenvalue weighted by Crippen LogP contribution is -2.06. The third-order valence-electron chi connectivity index (χ3n) is 3.04. The maximum atomic E-state index is 5.92. The van der Waals surface area contributed by atoms with Gasteiger partial charge in [0, 0.05) is 23.6 Å². The highest BCUT2D eigenvalue weighted by atomic mass is 35.5. The topological polar surface area (TPSA) is 44.5 Å². The average Bonchev–Trinajstić information content (AvgIpc) is 2.51. The molecule has 0 atom stereocenters. The Morgan fingerprint density at radius 1 is 1.00 bits per heavy atom. The molecular formula is C17H20ClNO2. The fourth-order valence-corrected chi connectivity index (χ4v) is 2.19. The molecule has 2 aromatic rings. The molecule has 4 heteroatoms. The quantitative estimate of drug-likeness (QED) is 0.755. The number of halogens is 1. The van der Waals surface area contributed by atoms with Crippen molar-refractivity contribution >= 4 is 11.6 Å². The maximum absolute atomic E-state index is 5.92. The van der Waals surface area contributed by atoms with Crippen molar-refractivity contribution in [1.29, 1.82) is 0 Å². The second kappa shape index (κ2) is 8.67. The molecule has 0 fully saturated rings. The van der Waals surface area contributed by atoms with Crippen LogP contribution in [0.15, 0.2) is 48.5 Å². The molecule has 0 radical (unpaired) electrons. The molecule has 0 unspecified atom stereocenters. The molecule has 0 saturated heterocycles. The lowest BCUT2D eigenvalue weighted by atomic mass is 10.2. The Morgan fingerprint density at radius 3 is 2.67 bits per heavy atom. The lowest BCUT2D eigenvalue weighted by Gasteiger charge is -2.10. The Hall–Kier alpha value is -1.55. The lowest BCUT2D eigenvalue weighted by molar-refractivity contribution is 0.107. The molecule has 0 spiro atoms. The normalized spacial score (nSPS) is 10.6. The van der Waals surface area contributed by atoms with E-state index < -0.39 is 0 Å². The number of rotatable bonds is 8. The number of hydrogen-bond acceptors (Lipinski definition) is 3. The Labute approximate surface area is 130 Å². The van der Waals surface area contributed by atoms with Gasteiger partial charge >= 0.3 is 0 Å². The SMILES string of the molecule is NCc1ccccc1OCCCOCc1cccc(Cl)c1. The van der Waals surface area contributed by atoms with E-state index in [1.54, 1.807) is 0 Å². The second-order valence-electron chi connectivity index (χ2n) is 4.70. The third kappa shape index (κ3) is 5.38. The Balaban J connectivity index is 1.64. The summed E-state index contributed by atoms with van der Waals surface area (Å²) in [5.74, 6) is 0.856. The van der Waals surface area contributed by atoms with Crippen molar-refractivity contribution in [3.8, 4) is 5.75 Å². The molecule has 2 aromatic carbocycles. The van der Waals surface area contributed by atoms with Crippen LogP contribution in [0.1, 0.15) is 17.5 Å². The Bertz CT molecular complexity index is 560. The van der Waals surface area contributed by atoms with Crippen LogP contribution in [0.2, 0.25) is 5.02 Å². The summed E-state index contributed by atoms with van der Waals surface area (Å²) in [6.07, 6.45) is 0.833. The Morgan fingerprint density at radius 2 is 1.86 bits per heavy atom. The van der Waals surface area contributed by atoms with Gasteiger partial charge < -0.3 is 15.2 Å². The summed E-state index contributed by atoms with van der Waals surface area (Å²) in [7, 11) is 0. The summed E-state index contributed by atoms with van der Waals surface area (Å²) in [5, 5.41) is 0.734. The van der Waals surface area contributed by atoms with E-state index in [4.69, 9.17) is 26.8 Å². The van der Waals surface area contributed by atoms with E-state index in [9.17, 15) is 0 Å². The van der Waals surface area contributed by atoms with E-state index in [0.717, 1.165) is 28.3 Å². The van der Waals surface area contributed by atoms with E-state index in [2.05, 4.69) is 0 Å². The van der Waals surface area contributed by atoms with E-state index in [-0.39, 0.29) is 0 Å². The number of benzene rings is 2. The monoisotopic (exact) mass is 305 g/mol. The standard InChI is InChI=1S/C17H20ClNO2/c18-16-7-3-5-14(11-16)13-20-9-4-10-21-17-8-2-1-6-15(17)12-19/h1-3,5-8,11H,4,9-10,12-13,19H2. The fourth-order valence-electron chi connectivity index (χ4n) is 1.97. The molecule has 21 heavy (non-hydrogen) atoms. The number of para-hydroxylation sites is 1. The van der Waals surface area contributed by atoms with Gasteiger partial charge in [-0.2, -0.15) is 0 Å². The van der Waals surface area contributed by atoms with Crippen LogP contribution < -0.4 is 10.5 Å². The van der Waals surface area contributed by atoms with E-state index in [0.29, 0.717) is 26.4 Å². The van der Waals surface area contributed by atoms with Crippen molar-refractivity contribution in [3.63, 3.8) is 0 Å². The van der Waals surface area contributed by atoms with Crippen LogP contribution in [-0.2, 0) is 17.9 Å². The van der Waals surface area contributed by atoms with Crippen LogP contribution in [0.25, 0.3) is 0 Å². The highest BCUT2D eigenvalue weighted by molar-refractivity contribution is 6.30. The van der Waals surface area contributed by atoms with Gasteiger partial charge in [0.05, 0.1) is 19.8 Å². The molecule has 3 nitrogen and oxygen atoms in total.